The van der Waals surface area contributed by atoms with Crippen molar-refractivity contribution >= 4 is 21.8 Å². The van der Waals surface area contributed by atoms with Gasteiger partial charge in [-0.15, -0.1) is 0 Å². The second-order valence-electron chi connectivity index (χ2n) is 6.18. The lowest BCUT2D eigenvalue weighted by Crippen LogP contribution is -2.27. The Balaban J connectivity index is 1.60. The van der Waals surface area contributed by atoms with E-state index < -0.39 is 10.0 Å². The van der Waals surface area contributed by atoms with Crippen LogP contribution < -0.4 is 9.46 Å². The van der Waals surface area contributed by atoms with E-state index in [9.17, 15) is 13.2 Å². The van der Waals surface area contributed by atoms with Crippen molar-refractivity contribution in [3.05, 3.63) is 59.7 Å². The van der Waals surface area contributed by atoms with Crippen molar-refractivity contribution < 1.29 is 17.9 Å². The largest absolute Gasteiger partial charge is 0.497 e. The summed E-state index contributed by atoms with van der Waals surface area (Å²) >= 11 is 0. The number of amides is 1. The van der Waals surface area contributed by atoms with Gasteiger partial charge in [-0.3, -0.25) is 14.5 Å². The first kappa shape index (κ1) is 18.9. The maximum Gasteiger partial charge on any atom is 0.263 e. The average Bonchev–Trinajstić information content (AvgIpc) is 2.92. The number of carbonyl (C=O) groups excluding carboxylic acids is 1. The Kier molecular flexibility index (Phi) is 5.46. The molecule has 0 aromatic heterocycles. The second-order valence-corrected chi connectivity index (χ2v) is 7.83. The van der Waals surface area contributed by atoms with Gasteiger partial charge in [-0.1, -0.05) is 24.3 Å². The van der Waals surface area contributed by atoms with Gasteiger partial charge in [-0.05, 0) is 29.8 Å². The van der Waals surface area contributed by atoms with Crippen LogP contribution in [0.3, 0.4) is 0 Å². The number of aliphatic imine (C=N–C) groups is 1. The minimum absolute atomic E-state index is 0.0729. The summed E-state index contributed by atoms with van der Waals surface area (Å²) in [6, 6.07) is 14.2. The van der Waals surface area contributed by atoms with Crippen LogP contribution in [0, 0.1) is 0 Å². The van der Waals surface area contributed by atoms with E-state index in [2.05, 4.69) is 9.71 Å². The first-order valence-corrected chi connectivity index (χ1v) is 9.92. The number of hydrogen-bond donors (Lipinski definition) is 1. The highest BCUT2D eigenvalue weighted by atomic mass is 32.2. The predicted octanol–water partition coefficient (Wildman–Crippen LogP) is 1.78. The molecule has 27 heavy (non-hydrogen) atoms. The number of carbonyl (C=O) groups is 1. The Morgan fingerprint density at radius 2 is 1.96 bits per heavy atom. The molecular weight excluding hydrogens is 366 g/mol. The molecule has 1 N–H and O–H groups in total. The van der Waals surface area contributed by atoms with Crippen molar-refractivity contribution in [2.24, 2.45) is 4.99 Å². The summed E-state index contributed by atoms with van der Waals surface area (Å²) < 4.78 is 31.7. The first-order chi connectivity index (χ1) is 12.9. The number of hydrogen-bond acceptors (Lipinski definition) is 5. The zero-order valence-electron chi connectivity index (χ0n) is 15.2. The summed E-state index contributed by atoms with van der Waals surface area (Å²) in [5.74, 6) is 0.956. The molecule has 2 aromatic carbocycles. The SMILES string of the molecule is COc1cccc(CN(C)C(=O)CCN=C2NS(=O)(=O)c3ccccc32)c1. The summed E-state index contributed by atoms with van der Waals surface area (Å²) in [5.41, 5.74) is 1.50. The van der Waals surface area contributed by atoms with Gasteiger partial charge >= 0.3 is 0 Å². The minimum Gasteiger partial charge on any atom is -0.497 e. The van der Waals surface area contributed by atoms with Gasteiger partial charge in [-0.2, -0.15) is 0 Å². The van der Waals surface area contributed by atoms with Gasteiger partial charge in [0.2, 0.25) is 5.91 Å². The maximum atomic E-state index is 12.3. The molecular formula is C19H21N3O4S. The molecule has 0 spiro atoms. The van der Waals surface area contributed by atoms with Crippen LogP contribution >= 0.6 is 0 Å². The topological polar surface area (TPSA) is 88.1 Å². The van der Waals surface area contributed by atoms with E-state index in [0.29, 0.717) is 12.1 Å². The number of methoxy groups -OCH3 is 1. The fourth-order valence-corrected chi connectivity index (χ4v) is 4.09. The number of rotatable bonds is 6. The first-order valence-electron chi connectivity index (χ1n) is 8.44. The summed E-state index contributed by atoms with van der Waals surface area (Å²) in [6.07, 6.45) is 0.188. The highest BCUT2D eigenvalue weighted by Gasteiger charge is 2.29. The quantitative estimate of drug-likeness (QED) is 0.818. The van der Waals surface area contributed by atoms with Crippen molar-refractivity contribution in [1.29, 1.82) is 0 Å². The second kappa shape index (κ2) is 7.79. The molecule has 2 aromatic rings. The fourth-order valence-electron chi connectivity index (χ4n) is 2.84. The number of benzene rings is 2. The van der Waals surface area contributed by atoms with E-state index in [1.807, 2.05) is 24.3 Å². The van der Waals surface area contributed by atoms with Crippen molar-refractivity contribution in [2.75, 3.05) is 20.7 Å². The van der Waals surface area contributed by atoms with Crippen molar-refractivity contribution in [1.82, 2.24) is 9.62 Å². The van der Waals surface area contributed by atoms with E-state index >= 15 is 0 Å². The summed E-state index contributed by atoms with van der Waals surface area (Å²) in [4.78, 5) is 18.4. The van der Waals surface area contributed by atoms with E-state index in [1.165, 1.54) is 6.07 Å². The van der Waals surface area contributed by atoms with E-state index in [1.54, 1.807) is 37.3 Å². The lowest BCUT2D eigenvalue weighted by Gasteiger charge is -2.17. The lowest BCUT2D eigenvalue weighted by atomic mass is 10.2. The number of nitrogens with zero attached hydrogens (tertiary/aromatic N) is 2. The molecule has 0 atom stereocenters. The predicted molar refractivity (Wildman–Crippen MR) is 102 cm³/mol. The Morgan fingerprint density at radius 3 is 2.74 bits per heavy atom. The number of fused-ring (bicyclic) bond motifs is 1. The van der Waals surface area contributed by atoms with Crippen molar-refractivity contribution in [3.63, 3.8) is 0 Å². The minimum atomic E-state index is -3.56. The van der Waals surface area contributed by atoms with Crippen LogP contribution in [0.25, 0.3) is 0 Å². The third kappa shape index (κ3) is 4.28. The van der Waals surface area contributed by atoms with Crippen molar-refractivity contribution in [3.8, 4) is 5.75 Å². The van der Waals surface area contributed by atoms with Gasteiger partial charge in [0.15, 0.2) is 0 Å². The monoisotopic (exact) mass is 387 g/mol. The van der Waals surface area contributed by atoms with Gasteiger partial charge in [0.05, 0.1) is 18.6 Å². The van der Waals surface area contributed by atoms with Crippen LogP contribution in [-0.4, -0.2) is 45.8 Å². The third-order valence-electron chi connectivity index (χ3n) is 4.24. The molecule has 0 bridgehead atoms. The summed E-state index contributed by atoms with van der Waals surface area (Å²) in [5, 5.41) is 0. The smallest absolute Gasteiger partial charge is 0.263 e. The Bertz CT molecular complexity index is 986. The highest BCUT2D eigenvalue weighted by Crippen LogP contribution is 2.22. The van der Waals surface area contributed by atoms with Crippen LogP contribution in [0.15, 0.2) is 58.4 Å². The number of ether oxygens (including phenoxy) is 1. The molecule has 8 heteroatoms. The summed E-state index contributed by atoms with van der Waals surface area (Å²) in [7, 11) is -0.233. The normalized spacial score (nSPS) is 15.9. The highest BCUT2D eigenvalue weighted by molar-refractivity contribution is 7.90. The van der Waals surface area contributed by atoms with Crippen molar-refractivity contribution in [2.45, 2.75) is 17.9 Å². The van der Waals surface area contributed by atoms with Crippen LogP contribution in [-0.2, 0) is 21.4 Å². The van der Waals surface area contributed by atoms with Crippen LogP contribution in [0.5, 0.6) is 5.75 Å². The molecule has 0 radical (unpaired) electrons. The molecule has 0 fully saturated rings. The van der Waals surface area contributed by atoms with Gasteiger partial charge in [0.25, 0.3) is 10.0 Å². The molecule has 1 aliphatic heterocycles. The maximum absolute atomic E-state index is 12.3. The fraction of sp³-hybridized carbons (Fsp3) is 0.263. The number of nitrogens with one attached hydrogen (secondary N) is 1. The molecule has 0 saturated carbocycles. The van der Waals surface area contributed by atoms with Crippen LogP contribution in [0.4, 0.5) is 0 Å². The number of sulfonamides is 1. The Morgan fingerprint density at radius 1 is 1.19 bits per heavy atom. The van der Waals surface area contributed by atoms with Gasteiger partial charge in [0.1, 0.15) is 11.6 Å². The summed E-state index contributed by atoms with van der Waals surface area (Å²) in [6.45, 7) is 0.662. The third-order valence-corrected chi connectivity index (χ3v) is 5.64. The standard InChI is InChI=1S/C19H21N3O4S/c1-22(13-14-6-5-7-15(12-14)26-2)18(23)10-11-20-19-16-8-3-4-9-17(16)27(24,25)21-19/h3-9,12H,10-11,13H2,1-2H3,(H,20,21). The lowest BCUT2D eigenvalue weighted by molar-refractivity contribution is -0.130. The molecule has 7 nitrogen and oxygen atoms in total. The van der Waals surface area contributed by atoms with Crippen LogP contribution in [0.2, 0.25) is 0 Å². The van der Waals surface area contributed by atoms with Gasteiger partial charge in [0, 0.05) is 25.6 Å². The molecule has 0 saturated heterocycles. The average molecular weight is 387 g/mol. The molecule has 3 rings (SSSR count). The Hall–Kier alpha value is -2.87. The number of amidine groups is 1. The van der Waals surface area contributed by atoms with Gasteiger partial charge < -0.3 is 9.64 Å². The Labute approximate surface area is 158 Å². The molecule has 0 aliphatic carbocycles. The molecule has 1 heterocycles. The zero-order chi connectivity index (χ0) is 19.4. The molecule has 1 amide bonds. The van der Waals surface area contributed by atoms with E-state index in [0.717, 1.165) is 11.3 Å². The zero-order valence-corrected chi connectivity index (χ0v) is 16.0. The molecule has 1 aliphatic rings. The van der Waals surface area contributed by atoms with E-state index in [-0.39, 0.29) is 29.6 Å². The molecule has 0 unspecified atom stereocenters. The molecule has 142 valence electrons. The van der Waals surface area contributed by atoms with E-state index in [4.69, 9.17) is 4.74 Å². The van der Waals surface area contributed by atoms with Crippen LogP contribution in [0.1, 0.15) is 17.5 Å². The van der Waals surface area contributed by atoms with Gasteiger partial charge in [-0.25, -0.2) is 8.42 Å².